The fraction of sp³-hybridized carbons (Fsp3) is 0.273. The van der Waals surface area contributed by atoms with Crippen molar-refractivity contribution in [2.45, 2.75) is 33.0 Å². The number of anilines is 2. The summed E-state index contributed by atoms with van der Waals surface area (Å²) < 4.78 is 40.9. The van der Waals surface area contributed by atoms with Crippen molar-refractivity contribution in [1.29, 1.82) is 0 Å². The molecule has 0 fully saturated rings. The number of hydrogen-bond donors (Lipinski definition) is 1. The quantitative estimate of drug-likeness (QED) is 0.651. The van der Waals surface area contributed by atoms with E-state index in [0.717, 1.165) is 11.6 Å². The number of pyridine rings is 1. The summed E-state index contributed by atoms with van der Waals surface area (Å²) in [5.74, 6) is -0.905. The number of fused-ring (bicyclic) bond motifs is 1. The number of halogens is 3. The van der Waals surface area contributed by atoms with Gasteiger partial charge in [0.1, 0.15) is 0 Å². The van der Waals surface area contributed by atoms with Gasteiger partial charge in [-0.1, -0.05) is 0 Å². The van der Waals surface area contributed by atoms with Gasteiger partial charge in [-0.3, -0.25) is 19.3 Å². The highest BCUT2D eigenvalue weighted by molar-refractivity contribution is 6.13. The Labute approximate surface area is 181 Å². The van der Waals surface area contributed by atoms with E-state index in [1.807, 2.05) is 6.92 Å². The van der Waals surface area contributed by atoms with Crippen molar-refractivity contribution < 1.29 is 22.8 Å². The van der Waals surface area contributed by atoms with Crippen LogP contribution in [0.1, 0.15) is 50.5 Å². The Bertz CT molecular complexity index is 1220. The molecule has 0 radical (unpaired) electrons. The summed E-state index contributed by atoms with van der Waals surface area (Å²) in [5.41, 5.74) is 1.15. The zero-order valence-electron chi connectivity index (χ0n) is 17.6. The van der Waals surface area contributed by atoms with Crippen molar-refractivity contribution in [2.24, 2.45) is 0 Å². The third kappa shape index (κ3) is 3.83. The number of benzene rings is 1. The highest BCUT2D eigenvalue weighted by atomic mass is 19.4. The molecule has 3 aromatic rings. The predicted octanol–water partition coefficient (Wildman–Crippen LogP) is 4.39. The highest BCUT2D eigenvalue weighted by Gasteiger charge is 2.36. The molecule has 3 heterocycles. The largest absolute Gasteiger partial charge is 0.416 e. The van der Waals surface area contributed by atoms with Crippen LogP contribution in [0.5, 0.6) is 0 Å². The molecule has 1 aromatic carbocycles. The number of hydrogen-bond acceptors (Lipinski definition) is 4. The number of aromatic nitrogens is 3. The maximum Gasteiger partial charge on any atom is 0.416 e. The Kier molecular flexibility index (Phi) is 5.23. The van der Waals surface area contributed by atoms with Crippen molar-refractivity contribution in [1.82, 2.24) is 14.8 Å². The molecule has 166 valence electrons. The average molecular weight is 443 g/mol. The summed E-state index contributed by atoms with van der Waals surface area (Å²) in [6, 6.07) is 5.01. The van der Waals surface area contributed by atoms with Crippen LogP contribution in [0.25, 0.3) is 0 Å². The first-order chi connectivity index (χ1) is 15.1. The van der Waals surface area contributed by atoms with Crippen LogP contribution in [-0.4, -0.2) is 33.1 Å². The van der Waals surface area contributed by atoms with Crippen molar-refractivity contribution in [3.63, 3.8) is 0 Å². The van der Waals surface area contributed by atoms with Crippen LogP contribution in [0.4, 0.5) is 24.5 Å². The van der Waals surface area contributed by atoms with Crippen LogP contribution in [0.3, 0.4) is 0 Å². The Morgan fingerprint density at radius 3 is 2.56 bits per heavy atom. The van der Waals surface area contributed by atoms with E-state index >= 15 is 0 Å². The summed E-state index contributed by atoms with van der Waals surface area (Å²) in [5, 5.41) is 6.93. The second-order valence-corrected chi connectivity index (χ2v) is 7.82. The van der Waals surface area contributed by atoms with Crippen molar-refractivity contribution in [2.75, 3.05) is 16.8 Å². The van der Waals surface area contributed by atoms with Crippen LogP contribution in [0.15, 0.2) is 42.9 Å². The molecule has 0 saturated heterocycles. The first kappa shape index (κ1) is 21.5. The molecule has 0 aliphatic carbocycles. The Balaban J connectivity index is 1.66. The van der Waals surface area contributed by atoms with E-state index in [4.69, 9.17) is 0 Å². The molecule has 4 rings (SSSR count). The lowest BCUT2D eigenvalue weighted by molar-refractivity contribution is -0.138. The van der Waals surface area contributed by atoms with Gasteiger partial charge in [0.2, 0.25) is 0 Å². The minimum atomic E-state index is -4.47. The van der Waals surface area contributed by atoms with E-state index in [1.54, 1.807) is 19.2 Å². The second-order valence-electron chi connectivity index (χ2n) is 7.82. The lowest BCUT2D eigenvalue weighted by Gasteiger charge is -2.32. The number of alkyl halides is 3. The minimum absolute atomic E-state index is 0.0232. The zero-order valence-corrected chi connectivity index (χ0v) is 17.6. The fourth-order valence-corrected chi connectivity index (χ4v) is 3.78. The molecule has 1 aliphatic heterocycles. The van der Waals surface area contributed by atoms with Crippen LogP contribution < -0.4 is 10.2 Å². The number of rotatable bonds is 3. The lowest BCUT2D eigenvalue weighted by atomic mass is 10.1. The Morgan fingerprint density at radius 1 is 1.16 bits per heavy atom. The molecule has 7 nitrogen and oxygen atoms in total. The molecule has 1 aliphatic rings. The molecule has 1 atom stereocenters. The Morgan fingerprint density at radius 2 is 1.91 bits per heavy atom. The fourth-order valence-electron chi connectivity index (χ4n) is 3.78. The van der Waals surface area contributed by atoms with Gasteiger partial charge < -0.3 is 10.2 Å². The van der Waals surface area contributed by atoms with Crippen LogP contribution in [-0.2, 0) is 6.18 Å². The molecule has 2 aromatic heterocycles. The van der Waals surface area contributed by atoms with E-state index in [1.165, 1.54) is 41.0 Å². The third-order valence-electron chi connectivity index (χ3n) is 5.32. The zero-order chi connectivity index (χ0) is 23.2. The van der Waals surface area contributed by atoms with E-state index in [9.17, 15) is 22.8 Å². The van der Waals surface area contributed by atoms with Crippen LogP contribution >= 0.6 is 0 Å². The number of nitrogens with zero attached hydrogens (tertiary/aromatic N) is 4. The standard InChI is InChI=1S/C22H20F3N5O2/c1-12-6-15(9-26-8-12)20(31)28-18-10-27-30-14(3)11-29(21(32)19(18)30)16-4-5-17(13(2)7-16)22(23,24)25/h4-10,14H,11H2,1-3H3,(H,28,31)/t14-/m0/s1. The molecular formula is C22H20F3N5O2. The molecule has 0 unspecified atom stereocenters. The van der Waals surface area contributed by atoms with Gasteiger partial charge in [0.15, 0.2) is 5.69 Å². The van der Waals surface area contributed by atoms with E-state index in [2.05, 4.69) is 15.4 Å². The molecule has 2 amide bonds. The average Bonchev–Trinajstić information content (AvgIpc) is 3.14. The summed E-state index contributed by atoms with van der Waals surface area (Å²) in [7, 11) is 0. The van der Waals surface area contributed by atoms with Gasteiger partial charge in [-0.05, 0) is 56.2 Å². The van der Waals surface area contributed by atoms with E-state index < -0.39 is 23.6 Å². The monoisotopic (exact) mass is 443 g/mol. The first-order valence-electron chi connectivity index (χ1n) is 9.86. The summed E-state index contributed by atoms with van der Waals surface area (Å²) in [4.78, 5) is 31.3. The normalized spacial score (nSPS) is 16.1. The predicted molar refractivity (Wildman–Crippen MR) is 112 cm³/mol. The van der Waals surface area contributed by atoms with Crippen molar-refractivity contribution in [3.05, 3.63) is 70.8 Å². The summed E-state index contributed by atoms with van der Waals surface area (Å²) in [6.45, 7) is 5.23. The highest BCUT2D eigenvalue weighted by Crippen LogP contribution is 2.35. The molecular weight excluding hydrogens is 423 g/mol. The van der Waals surface area contributed by atoms with Gasteiger partial charge in [-0.25, -0.2) is 0 Å². The van der Waals surface area contributed by atoms with E-state index in [-0.39, 0.29) is 29.5 Å². The van der Waals surface area contributed by atoms with E-state index in [0.29, 0.717) is 11.3 Å². The molecule has 0 bridgehead atoms. The van der Waals surface area contributed by atoms with Crippen LogP contribution in [0, 0.1) is 13.8 Å². The number of nitrogens with one attached hydrogen (secondary N) is 1. The number of carbonyl (C=O) groups is 2. The van der Waals surface area contributed by atoms with Gasteiger partial charge >= 0.3 is 6.18 Å². The lowest BCUT2D eigenvalue weighted by Crippen LogP contribution is -2.43. The third-order valence-corrected chi connectivity index (χ3v) is 5.32. The second kappa shape index (κ2) is 7.77. The number of carbonyl (C=O) groups excluding carboxylic acids is 2. The smallest absolute Gasteiger partial charge is 0.319 e. The van der Waals surface area contributed by atoms with Gasteiger partial charge in [0.25, 0.3) is 11.8 Å². The maximum absolute atomic E-state index is 13.3. The molecule has 0 saturated carbocycles. The number of aryl methyl sites for hydroxylation is 2. The first-order valence-corrected chi connectivity index (χ1v) is 9.86. The minimum Gasteiger partial charge on any atom is -0.319 e. The number of amides is 2. The maximum atomic E-state index is 13.3. The van der Waals surface area contributed by atoms with Crippen molar-refractivity contribution in [3.8, 4) is 0 Å². The van der Waals surface area contributed by atoms with Gasteiger partial charge in [0, 0.05) is 24.6 Å². The van der Waals surface area contributed by atoms with Gasteiger partial charge in [-0.2, -0.15) is 18.3 Å². The Hall–Kier alpha value is -3.69. The van der Waals surface area contributed by atoms with Gasteiger partial charge in [-0.15, -0.1) is 0 Å². The van der Waals surface area contributed by atoms with Crippen LogP contribution in [0.2, 0.25) is 0 Å². The molecule has 10 heteroatoms. The summed E-state index contributed by atoms with van der Waals surface area (Å²) >= 11 is 0. The molecule has 1 N–H and O–H groups in total. The van der Waals surface area contributed by atoms with Gasteiger partial charge in [0.05, 0.1) is 29.1 Å². The molecule has 32 heavy (non-hydrogen) atoms. The van der Waals surface area contributed by atoms with Crippen molar-refractivity contribution >= 4 is 23.2 Å². The molecule has 0 spiro atoms. The summed E-state index contributed by atoms with van der Waals surface area (Å²) in [6.07, 6.45) is -0.0391. The topological polar surface area (TPSA) is 80.1 Å². The SMILES string of the molecule is Cc1cncc(C(=O)Nc2cnn3c2C(=O)N(c2ccc(C(F)(F)F)c(C)c2)C[C@@H]3C)c1.